The molecule has 0 bridgehead atoms. The van der Waals surface area contributed by atoms with Crippen LogP contribution in [0.5, 0.6) is 0 Å². The van der Waals surface area contributed by atoms with E-state index < -0.39 is 10.0 Å². The van der Waals surface area contributed by atoms with Crippen LogP contribution in [0.25, 0.3) is 0 Å². The number of hydrogen-bond donors (Lipinski definition) is 1. The largest absolute Gasteiger partial charge is 0.352 e. The molecule has 30 heavy (non-hydrogen) atoms. The van der Waals surface area contributed by atoms with Crippen LogP contribution in [0.3, 0.4) is 0 Å². The Balaban J connectivity index is 1.63. The van der Waals surface area contributed by atoms with Crippen LogP contribution in [0.4, 0.5) is 5.69 Å². The summed E-state index contributed by atoms with van der Waals surface area (Å²) in [7, 11) is -2.12. The molecule has 0 saturated carbocycles. The molecule has 2 aromatic rings. The lowest BCUT2D eigenvalue weighted by Gasteiger charge is -2.22. The van der Waals surface area contributed by atoms with Gasteiger partial charge in [0.15, 0.2) is 0 Å². The first-order valence-corrected chi connectivity index (χ1v) is 11.9. The van der Waals surface area contributed by atoms with Gasteiger partial charge in [0, 0.05) is 19.2 Å². The second kappa shape index (κ2) is 9.62. The summed E-state index contributed by atoms with van der Waals surface area (Å²) in [5.41, 5.74) is 2.83. The number of rotatable bonds is 8. The van der Waals surface area contributed by atoms with Gasteiger partial charge in [-0.2, -0.15) is 0 Å². The van der Waals surface area contributed by atoms with Crippen LogP contribution in [-0.2, 0) is 10.0 Å². The maximum atomic E-state index is 12.9. The van der Waals surface area contributed by atoms with Gasteiger partial charge in [-0.25, -0.2) is 8.42 Å². The van der Waals surface area contributed by atoms with Crippen LogP contribution in [0.15, 0.2) is 47.4 Å². The van der Waals surface area contributed by atoms with E-state index in [-0.39, 0.29) is 10.8 Å². The van der Waals surface area contributed by atoms with Crippen molar-refractivity contribution in [1.29, 1.82) is 0 Å². The second-order valence-electron chi connectivity index (χ2n) is 7.95. The fraction of sp³-hybridized carbons (Fsp3) is 0.435. The first kappa shape index (κ1) is 22.3. The molecule has 1 amide bonds. The van der Waals surface area contributed by atoms with Gasteiger partial charge in [0.2, 0.25) is 0 Å². The number of sulfonamides is 1. The molecule has 1 N–H and O–H groups in total. The molecule has 0 unspecified atom stereocenters. The number of aryl methyl sites for hydroxylation is 2. The third-order valence-corrected chi connectivity index (χ3v) is 7.40. The minimum absolute atomic E-state index is 0.130. The summed E-state index contributed by atoms with van der Waals surface area (Å²) in [5, 5.41) is 2.96. The molecule has 6 nitrogen and oxygen atoms in total. The maximum absolute atomic E-state index is 12.9. The molecule has 0 atom stereocenters. The summed E-state index contributed by atoms with van der Waals surface area (Å²) in [5.74, 6) is -0.130. The summed E-state index contributed by atoms with van der Waals surface area (Å²) in [4.78, 5) is 15.1. The second-order valence-corrected chi connectivity index (χ2v) is 9.91. The molecule has 0 aliphatic carbocycles. The fourth-order valence-corrected chi connectivity index (χ4v) is 5.02. The van der Waals surface area contributed by atoms with E-state index >= 15 is 0 Å². The summed E-state index contributed by atoms with van der Waals surface area (Å²) < 4.78 is 27.2. The van der Waals surface area contributed by atoms with Crippen LogP contribution in [-0.4, -0.2) is 52.5 Å². The van der Waals surface area contributed by atoms with Crippen LogP contribution in [0.1, 0.15) is 40.7 Å². The third kappa shape index (κ3) is 5.21. The van der Waals surface area contributed by atoms with E-state index in [0.29, 0.717) is 17.8 Å². The Labute approximate surface area is 179 Å². The normalized spacial score (nSPS) is 14.6. The fourth-order valence-electron chi connectivity index (χ4n) is 3.76. The maximum Gasteiger partial charge on any atom is 0.264 e. The zero-order valence-corrected chi connectivity index (χ0v) is 18.8. The zero-order chi connectivity index (χ0) is 21.7. The summed E-state index contributed by atoms with van der Waals surface area (Å²) in [6.45, 7) is 7.71. The van der Waals surface area contributed by atoms with E-state index in [9.17, 15) is 13.2 Å². The summed E-state index contributed by atoms with van der Waals surface area (Å²) in [6.07, 6.45) is 3.47. The molecule has 0 spiro atoms. The van der Waals surface area contributed by atoms with Crippen LogP contribution in [0.2, 0.25) is 0 Å². The SMILES string of the molecule is Cc1ccc(S(=O)(=O)N(C)c2ccc(C(=O)NCCCN3CCCC3)cc2C)cc1. The number of likely N-dealkylation sites (tertiary alicyclic amines) is 1. The van der Waals surface area contributed by atoms with Gasteiger partial charge in [0.1, 0.15) is 0 Å². The molecular formula is C23H31N3O3S. The molecule has 1 saturated heterocycles. The van der Waals surface area contributed by atoms with E-state index in [1.54, 1.807) is 42.5 Å². The number of benzene rings is 2. The molecule has 162 valence electrons. The lowest BCUT2D eigenvalue weighted by Crippen LogP contribution is -2.29. The third-order valence-electron chi connectivity index (χ3n) is 5.61. The lowest BCUT2D eigenvalue weighted by atomic mass is 10.1. The number of carbonyl (C=O) groups is 1. The van der Waals surface area contributed by atoms with E-state index in [1.165, 1.54) is 24.2 Å². The van der Waals surface area contributed by atoms with Crippen molar-refractivity contribution in [2.24, 2.45) is 0 Å². The van der Waals surface area contributed by atoms with Crippen molar-refractivity contribution in [3.8, 4) is 0 Å². The average Bonchev–Trinajstić information content (AvgIpc) is 3.24. The van der Waals surface area contributed by atoms with E-state index in [0.717, 1.165) is 37.2 Å². The molecule has 0 aromatic heterocycles. The molecule has 1 aliphatic rings. The molecule has 1 aliphatic heterocycles. The van der Waals surface area contributed by atoms with Crippen LogP contribution < -0.4 is 9.62 Å². The Hall–Kier alpha value is -2.38. The van der Waals surface area contributed by atoms with Gasteiger partial charge < -0.3 is 10.2 Å². The van der Waals surface area contributed by atoms with Crippen molar-refractivity contribution < 1.29 is 13.2 Å². The van der Waals surface area contributed by atoms with Gasteiger partial charge in [0.05, 0.1) is 10.6 Å². The predicted molar refractivity (Wildman–Crippen MR) is 121 cm³/mol. The van der Waals surface area contributed by atoms with Crippen molar-refractivity contribution in [1.82, 2.24) is 10.2 Å². The number of hydrogen-bond acceptors (Lipinski definition) is 4. The highest BCUT2D eigenvalue weighted by Crippen LogP contribution is 2.26. The number of carbonyl (C=O) groups excluding carboxylic acids is 1. The minimum atomic E-state index is -3.66. The quantitative estimate of drug-likeness (QED) is 0.654. The topological polar surface area (TPSA) is 69.7 Å². The van der Waals surface area contributed by atoms with Crippen molar-refractivity contribution in [3.63, 3.8) is 0 Å². The highest BCUT2D eigenvalue weighted by molar-refractivity contribution is 7.92. The molecule has 0 radical (unpaired) electrons. The first-order valence-electron chi connectivity index (χ1n) is 10.5. The zero-order valence-electron chi connectivity index (χ0n) is 18.0. The van der Waals surface area contributed by atoms with E-state index in [4.69, 9.17) is 0 Å². The van der Waals surface area contributed by atoms with Crippen molar-refractivity contribution in [2.75, 3.05) is 37.5 Å². The van der Waals surface area contributed by atoms with Crippen molar-refractivity contribution in [3.05, 3.63) is 59.2 Å². The Kier molecular flexibility index (Phi) is 7.15. The lowest BCUT2D eigenvalue weighted by molar-refractivity contribution is 0.0952. The number of nitrogens with one attached hydrogen (secondary N) is 1. The van der Waals surface area contributed by atoms with Crippen molar-refractivity contribution >= 4 is 21.6 Å². The number of amides is 1. The molecule has 1 fully saturated rings. The molecule has 1 heterocycles. The van der Waals surface area contributed by atoms with Gasteiger partial charge in [-0.05, 0) is 88.6 Å². The summed E-state index contributed by atoms with van der Waals surface area (Å²) >= 11 is 0. The highest BCUT2D eigenvalue weighted by atomic mass is 32.2. The van der Waals surface area contributed by atoms with E-state index in [1.807, 2.05) is 13.8 Å². The minimum Gasteiger partial charge on any atom is -0.352 e. The Morgan fingerprint density at radius 3 is 2.37 bits per heavy atom. The molecule has 3 rings (SSSR count). The smallest absolute Gasteiger partial charge is 0.264 e. The van der Waals surface area contributed by atoms with Crippen LogP contribution >= 0.6 is 0 Å². The van der Waals surface area contributed by atoms with E-state index in [2.05, 4.69) is 10.2 Å². The average molecular weight is 430 g/mol. The first-order chi connectivity index (χ1) is 14.3. The van der Waals surface area contributed by atoms with Gasteiger partial charge in [-0.1, -0.05) is 17.7 Å². The highest BCUT2D eigenvalue weighted by Gasteiger charge is 2.23. The van der Waals surface area contributed by atoms with Gasteiger partial charge >= 0.3 is 0 Å². The Bertz CT molecular complexity index is 981. The van der Waals surface area contributed by atoms with Gasteiger partial charge in [0.25, 0.3) is 15.9 Å². The Morgan fingerprint density at radius 1 is 1.07 bits per heavy atom. The Morgan fingerprint density at radius 2 is 1.73 bits per heavy atom. The van der Waals surface area contributed by atoms with Gasteiger partial charge in [-0.15, -0.1) is 0 Å². The van der Waals surface area contributed by atoms with Gasteiger partial charge in [-0.3, -0.25) is 9.10 Å². The molecule has 7 heteroatoms. The molecular weight excluding hydrogens is 398 g/mol. The number of anilines is 1. The monoisotopic (exact) mass is 429 g/mol. The standard InChI is InChI=1S/C23H31N3O3S/c1-18-7-10-21(11-8-18)30(28,29)25(3)22-12-9-20(17-19(22)2)23(27)24-13-6-16-26-14-4-5-15-26/h7-12,17H,4-6,13-16H2,1-3H3,(H,24,27). The van der Waals surface area contributed by atoms with Crippen LogP contribution in [0, 0.1) is 13.8 Å². The molecule has 2 aromatic carbocycles. The summed E-state index contributed by atoms with van der Waals surface area (Å²) in [6, 6.07) is 11.9. The van der Waals surface area contributed by atoms with Crippen molar-refractivity contribution in [2.45, 2.75) is 38.0 Å². The predicted octanol–water partition coefficient (Wildman–Crippen LogP) is 3.34. The number of nitrogens with zero attached hydrogens (tertiary/aromatic N) is 2.